The molecule has 0 aliphatic carbocycles. The van der Waals surface area contributed by atoms with Gasteiger partial charge in [0.15, 0.2) is 23.1 Å². The Hall–Kier alpha value is -8.28. The molecule has 5 heteroatoms. The van der Waals surface area contributed by atoms with Crippen LogP contribution in [0.1, 0.15) is 0 Å². The van der Waals surface area contributed by atoms with E-state index in [-0.39, 0.29) is 0 Å². The molecule has 0 aliphatic heterocycles. The molecule has 0 atom stereocenters. The van der Waals surface area contributed by atoms with Crippen molar-refractivity contribution in [3.8, 4) is 67.9 Å². The lowest BCUT2D eigenvalue weighted by Gasteiger charge is -2.14. The lowest BCUT2D eigenvalue weighted by Crippen LogP contribution is -2.01. The van der Waals surface area contributed by atoms with Crippen LogP contribution in [0.5, 0.6) is 0 Å². The van der Waals surface area contributed by atoms with E-state index in [0.29, 0.717) is 23.4 Å². The number of nitrogens with zero attached hydrogens (tertiary/aromatic N) is 4. The van der Waals surface area contributed by atoms with Crippen LogP contribution in [0.25, 0.3) is 122 Å². The van der Waals surface area contributed by atoms with Gasteiger partial charge in [0.1, 0.15) is 5.52 Å². The maximum Gasteiger partial charge on any atom is 0.227 e. The van der Waals surface area contributed by atoms with Crippen LogP contribution in [-0.4, -0.2) is 19.9 Å². The molecular weight excluding hydrogens is 745 g/mol. The van der Waals surface area contributed by atoms with Crippen LogP contribution in [0, 0.1) is 0 Å². The van der Waals surface area contributed by atoms with Crippen molar-refractivity contribution in [3.63, 3.8) is 0 Å². The van der Waals surface area contributed by atoms with Crippen molar-refractivity contribution in [1.82, 2.24) is 19.9 Å². The van der Waals surface area contributed by atoms with Gasteiger partial charge in [0.2, 0.25) is 5.89 Å². The molecule has 61 heavy (non-hydrogen) atoms. The maximum absolute atomic E-state index is 6.60. The third-order valence-electron chi connectivity index (χ3n) is 11.8. The normalized spacial score (nSPS) is 11.6. The second-order valence-corrected chi connectivity index (χ2v) is 15.3. The Morgan fingerprint density at radius 3 is 1.54 bits per heavy atom. The van der Waals surface area contributed by atoms with E-state index in [1.807, 2.05) is 36.4 Å². The van der Waals surface area contributed by atoms with E-state index in [1.54, 1.807) is 0 Å². The molecule has 0 fully saturated rings. The maximum atomic E-state index is 6.60. The second kappa shape index (κ2) is 14.2. The van der Waals surface area contributed by atoms with E-state index >= 15 is 0 Å². The average Bonchev–Trinajstić information content (AvgIpc) is 3.78. The van der Waals surface area contributed by atoms with E-state index in [1.165, 1.54) is 10.8 Å². The van der Waals surface area contributed by atoms with E-state index in [0.717, 1.165) is 87.9 Å². The zero-order valence-corrected chi connectivity index (χ0v) is 32.8. The molecule has 0 saturated carbocycles. The van der Waals surface area contributed by atoms with Crippen LogP contribution >= 0.6 is 0 Å². The van der Waals surface area contributed by atoms with E-state index in [2.05, 4.69) is 170 Å². The van der Waals surface area contributed by atoms with Crippen molar-refractivity contribution >= 4 is 54.2 Å². The summed E-state index contributed by atoms with van der Waals surface area (Å²) in [5.41, 5.74) is 9.75. The summed E-state index contributed by atoms with van der Waals surface area (Å²) in [5.74, 6) is 2.44. The van der Waals surface area contributed by atoms with Crippen molar-refractivity contribution < 1.29 is 4.42 Å². The lowest BCUT2D eigenvalue weighted by molar-refractivity contribution is 0.623. The molecule has 0 unspecified atom stereocenters. The van der Waals surface area contributed by atoms with Crippen molar-refractivity contribution in [1.29, 1.82) is 0 Å². The molecule has 0 saturated heterocycles. The summed E-state index contributed by atoms with van der Waals surface area (Å²) in [4.78, 5) is 20.8. The fraction of sp³-hybridized carbons (Fsp3) is 0. The summed E-state index contributed by atoms with van der Waals surface area (Å²) in [6, 6.07) is 71.8. The summed E-state index contributed by atoms with van der Waals surface area (Å²) < 4.78 is 6.60. The van der Waals surface area contributed by atoms with Crippen LogP contribution in [0.4, 0.5) is 0 Å². The fourth-order valence-electron chi connectivity index (χ4n) is 8.89. The van der Waals surface area contributed by atoms with Crippen LogP contribution in [0.15, 0.2) is 211 Å². The monoisotopic (exact) mass is 778 g/mol. The van der Waals surface area contributed by atoms with Gasteiger partial charge >= 0.3 is 0 Å². The molecule has 0 spiro atoms. The molecule has 2 heterocycles. The van der Waals surface area contributed by atoms with Gasteiger partial charge in [-0.05, 0) is 84.2 Å². The molecule has 0 N–H and O–H groups in total. The fourth-order valence-corrected chi connectivity index (χ4v) is 8.89. The molecule has 12 aromatic rings. The molecule has 10 aromatic carbocycles. The first kappa shape index (κ1) is 34.7. The first-order valence-corrected chi connectivity index (χ1v) is 20.5. The predicted molar refractivity (Wildman–Crippen MR) is 250 cm³/mol. The van der Waals surface area contributed by atoms with Gasteiger partial charge in [-0.2, -0.15) is 0 Å². The lowest BCUT2D eigenvalue weighted by atomic mass is 9.92. The van der Waals surface area contributed by atoms with Gasteiger partial charge in [-0.25, -0.2) is 19.9 Å². The summed E-state index contributed by atoms with van der Waals surface area (Å²) in [7, 11) is 0. The first-order valence-electron chi connectivity index (χ1n) is 20.5. The molecule has 284 valence electrons. The standard InChI is InChI=1S/C56H34N4O/c1-2-16-38(17-3-1)56-57-50-33-32-37-20-11-29-47(51(37)52(50)61-56)45-27-12-28-46-44(45)26-13-31-49(46)55-59-53(58-54(60-55)48-30-10-19-36-15-5-7-24-42(36)48)40-22-8-21-39(34-40)43-25-9-18-35-14-4-6-23-41(35)43/h1-34H. The highest BCUT2D eigenvalue weighted by Crippen LogP contribution is 2.41. The Morgan fingerprint density at radius 2 is 0.787 bits per heavy atom. The van der Waals surface area contributed by atoms with Crippen molar-refractivity contribution in [3.05, 3.63) is 206 Å². The molecular formula is C56H34N4O. The smallest absolute Gasteiger partial charge is 0.227 e. The summed E-state index contributed by atoms with van der Waals surface area (Å²) in [6.45, 7) is 0. The van der Waals surface area contributed by atoms with Gasteiger partial charge < -0.3 is 4.42 Å². The summed E-state index contributed by atoms with van der Waals surface area (Å²) >= 11 is 0. The van der Waals surface area contributed by atoms with Gasteiger partial charge in [0.25, 0.3) is 0 Å². The topological polar surface area (TPSA) is 64.7 Å². The molecule has 5 nitrogen and oxygen atoms in total. The minimum atomic E-state index is 0.605. The van der Waals surface area contributed by atoms with Crippen molar-refractivity contribution in [2.24, 2.45) is 0 Å². The molecule has 12 rings (SSSR count). The second-order valence-electron chi connectivity index (χ2n) is 15.3. The van der Waals surface area contributed by atoms with Crippen LogP contribution in [-0.2, 0) is 0 Å². The Morgan fingerprint density at radius 1 is 0.295 bits per heavy atom. The highest BCUT2D eigenvalue weighted by molar-refractivity contribution is 6.15. The molecule has 0 bridgehead atoms. The zero-order chi connectivity index (χ0) is 40.3. The predicted octanol–water partition coefficient (Wildman–Crippen LogP) is 14.6. The number of aromatic nitrogens is 4. The summed E-state index contributed by atoms with van der Waals surface area (Å²) in [6.07, 6.45) is 0. The van der Waals surface area contributed by atoms with Gasteiger partial charge in [0, 0.05) is 27.6 Å². The van der Waals surface area contributed by atoms with E-state index in [9.17, 15) is 0 Å². The quantitative estimate of drug-likeness (QED) is 0.168. The number of hydrogen-bond acceptors (Lipinski definition) is 5. The highest BCUT2D eigenvalue weighted by atomic mass is 16.3. The Labute approximate surface area is 351 Å². The molecule has 0 aliphatic rings. The number of fused-ring (bicyclic) bond motifs is 6. The average molecular weight is 779 g/mol. The highest BCUT2D eigenvalue weighted by Gasteiger charge is 2.20. The Kier molecular flexibility index (Phi) is 8.10. The molecule has 0 radical (unpaired) electrons. The number of oxazole rings is 1. The van der Waals surface area contributed by atoms with Gasteiger partial charge in [-0.15, -0.1) is 0 Å². The Balaban J connectivity index is 1.06. The number of hydrogen-bond donors (Lipinski definition) is 0. The molecule has 2 aromatic heterocycles. The van der Waals surface area contributed by atoms with Crippen LogP contribution in [0.2, 0.25) is 0 Å². The van der Waals surface area contributed by atoms with Crippen molar-refractivity contribution in [2.75, 3.05) is 0 Å². The third kappa shape index (κ3) is 5.94. The number of benzene rings is 10. The van der Waals surface area contributed by atoms with E-state index < -0.39 is 0 Å². The minimum Gasteiger partial charge on any atom is -0.435 e. The molecule has 0 amide bonds. The first-order chi connectivity index (χ1) is 30.2. The van der Waals surface area contributed by atoms with Gasteiger partial charge in [-0.1, -0.05) is 182 Å². The summed E-state index contributed by atoms with van der Waals surface area (Å²) in [5, 5.41) is 8.85. The van der Waals surface area contributed by atoms with Crippen molar-refractivity contribution in [2.45, 2.75) is 0 Å². The van der Waals surface area contributed by atoms with Gasteiger partial charge in [0.05, 0.1) is 0 Å². The third-order valence-corrected chi connectivity index (χ3v) is 11.8. The van der Waals surface area contributed by atoms with Gasteiger partial charge in [-0.3, -0.25) is 0 Å². The zero-order valence-electron chi connectivity index (χ0n) is 32.8. The number of rotatable bonds is 6. The minimum absolute atomic E-state index is 0.605. The van der Waals surface area contributed by atoms with E-state index in [4.69, 9.17) is 24.4 Å². The van der Waals surface area contributed by atoms with Crippen LogP contribution in [0.3, 0.4) is 0 Å². The van der Waals surface area contributed by atoms with Crippen LogP contribution < -0.4 is 0 Å². The SMILES string of the molecule is c1ccc(-c2nc3ccc4cccc(-c5cccc6c(-c7nc(-c8cccc(-c9cccc%10ccccc9%10)c8)nc(-c8cccc9ccccc89)n7)cccc56)c4c3o2)cc1. The largest absolute Gasteiger partial charge is 0.435 e. The Bertz CT molecular complexity index is 3660.